The molecule has 1 heterocycles. The molecule has 1 aliphatic heterocycles. The summed E-state index contributed by atoms with van der Waals surface area (Å²) >= 11 is 6.11. The van der Waals surface area contributed by atoms with E-state index < -0.39 is 0 Å². The Kier molecular flexibility index (Phi) is 7.86. The first kappa shape index (κ1) is 23.8. The highest BCUT2D eigenvalue weighted by Gasteiger charge is 2.31. The maximum atomic E-state index is 13.6. The maximum absolute atomic E-state index is 13.6. The average molecular weight is 477 g/mol. The van der Waals surface area contributed by atoms with E-state index in [-0.39, 0.29) is 17.7 Å². The van der Waals surface area contributed by atoms with Crippen LogP contribution >= 0.6 is 11.6 Å². The molecule has 0 bridgehead atoms. The third-order valence-electron chi connectivity index (χ3n) is 6.27. The quantitative estimate of drug-likeness (QED) is 0.457. The zero-order valence-corrected chi connectivity index (χ0v) is 20.1. The van der Waals surface area contributed by atoms with Crippen molar-refractivity contribution in [1.29, 1.82) is 0 Å². The standard InChI is InChI=1S/C28H29ClN2O3/c1-34-26-13-12-24(29)18-25(26)28(33)30-16-14-23(15-17-30)27(32)31(19-21-8-4-2-5-9-21)20-22-10-6-3-7-11-22/h2-13,18,23H,14-17,19-20H2,1H3. The highest BCUT2D eigenvalue weighted by atomic mass is 35.5. The fourth-order valence-electron chi connectivity index (χ4n) is 4.42. The van der Waals surface area contributed by atoms with Crippen molar-refractivity contribution in [2.24, 2.45) is 5.92 Å². The summed E-state index contributed by atoms with van der Waals surface area (Å²) in [5, 5.41) is 0.492. The van der Waals surface area contributed by atoms with Gasteiger partial charge >= 0.3 is 0 Å². The molecular weight excluding hydrogens is 448 g/mol. The van der Waals surface area contributed by atoms with Crippen LogP contribution in [0.2, 0.25) is 5.02 Å². The van der Waals surface area contributed by atoms with Crippen molar-refractivity contribution in [2.75, 3.05) is 20.2 Å². The Morgan fingerprint density at radius 1 is 0.912 bits per heavy atom. The van der Waals surface area contributed by atoms with E-state index in [2.05, 4.69) is 0 Å². The summed E-state index contributed by atoms with van der Waals surface area (Å²) in [4.78, 5) is 30.4. The third-order valence-corrected chi connectivity index (χ3v) is 6.50. The summed E-state index contributed by atoms with van der Waals surface area (Å²) in [7, 11) is 1.54. The molecule has 176 valence electrons. The molecule has 0 aliphatic carbocycles. The van der Waals surface area contributed by atoms with E-state index >= 15 is 0 Å². The monoisotopic (exact) mass is 476 g/mol. The molecule has 0 atom stereocenters. The summed E-state index contributed by atoms with van der Waals surface area (Å²) in [5.41, 5.74) is 2.66. The third kappa shape index (κ3) is 5.78. The minimum atomic E-state index is -0.115. The van der Waals surface area contributed by atoms with Gasteiger partial charge in [0, 0.05) is 37.1 Å². The van der Waals surface area contributed by atoms with Crippen LogP contribution in [0.1, 0.15) is 34.3 Å². The molecule has 3 aromatic carbocycles. The first-order valence-electron chi connectivity index (χ1n) is 11.5. The molecular formula is C28H29ClN2O3. The molecule has 0 aromatic heterocycles. The van der Waals surface area contributed by atoms with Crippen molar-refractivity contribution >= 4 is 23.4 Å². The molecule has 1 fully saturated rings. The molecule has 3 aromatic rings. The van der Waals surface area contributed by atoms with Gasteiger partial charge in [-0.15, -0.1) is 0 Å². The summed E-state index contributed by atoms with van der Waals surface area (Å²) in [5.74, 6) is 0.415. The molecule has 4 rings (SSSR count). The van der Waals surface area contributed by atoms with Gasteiger partial charge in [0.05, 0.1) is 12.7 Å². The molecule has 1 saturated heterocycles. The Bertz CT molecular complexity index is 1070. The van der Waals surface area contributed by atoms with Crippen molar-refractivity contribution < 1.29 is 14.3 Å². The van der Waals surface area contributed by atoms with E-state index in [0.717, 1.165) is 11.1 Å². The highest BCUT2D eigenvalue weighted by molar-refractivity contribution is 6.31. The molecule has 0 radical (unpaired) electrons. The number of methoxy groups -OCH3 is 1. The molecule has 0 N–H and O–H groups in total. The van der Waals surface area contributed by atoms with Gasteiger partial charge in [-0.25, -0.2) is 0 Å². The van der Waals surface area contributed by atoms with Crippen LogP contribution < -0.4 is 4.74 Å². The highest BCUT2D eigenvalue weighted by Crippen LogP contribution is 2.27. The van der Waals surface area contributed by atoms with Crippen LogP contribution in [0.4, 0.5) is 0 Å². The maximum Gasteiger partial charge on any atom is 0.257 e. The molecule has 34 heavy (non-hydrogen) atoms. The largest absolute Gasteiger partial charge is 0.496 e. The molecule has 6 heteroatoms. The molecule has 5 nitrogen and oxygen atoms in total. The summed E-state index contributed by atoms with van der Waals surface area (Å²) < 4.78 is 5.35. The lowest BCUT2D eigenvalue weighted by Gasteiger charge is -2.34. The van der Waals surface area contributed by atoms with Gasteiger partial charge < -0.3 is 14.5 Å². The van der Waals surface area contributed by atoms with E-state index in [9.17, 15) is 9.59 Å². The van der Waals surface area contributed by atoms with E-state index in [1.807, 2.05) is 65.6 Å². The van der Waals surface area contributed by atoms with E-state index in [1.54, 1.807) is 30.2 Å². The lowest BCUT2D eigenvalue weighted by molar-refractivity contribution is -0.138. The van der Waals surface area contributed by atoms with Crippen molar-refractivity contribution in [3.63, 3.8) is 0 Å². The van der Waals surface area contributed by atoms with Gasteiger partial charge in [0.1, 0.15) is 5.75 Å². The zero-order chi connectivity index (χ0) is 23.9. The number of amides is 2. The van der Waals surface area contributed by atoms with Gasteiger partial charge in [0.15, 0.2) is 0 Å². The predicted octanol–water partition coefficient (Wildman–Crippen LogP) is 5.43. The number of hydrogen-bond donors (Lipinski definition) is 0. The van der Waals surface area contributed by atoms with Crippen LogP contribution in [0, 0.1) is 5.92 Å². The smallest absolute Gasteiger partial charge is 0.257 e. The number of nitrogens with zero attached hydrogens (tertiary/aromatic N) is 2. The minimum Gasteiger partial charge on any atom is -0.496 e. The Labute approximate surface area is 205 Å². The van der Waals surface area contributed by atoms with Gasteiger partial charge in [-0.2, -0.15) is 0 Å². The average Bonchev–Trinajstić information content (AvgIpc) is 2.89. The predicted molar refractivity (Wildman–Crippen MR) is 134 cm³/mol. The zero-order valence-electron chi connectivity index (χ0n) is 19.3. The second-order valence-corrected chi connectivity index (χ2v) is 9.01. The second kappa shape index (κ2) is 11.2. The van der Waals surface area contributed by atoms with Crippen LogP contribution in [0.3, 0.4) is 0 Å². The second-order valence-electron chi connectivity index (χ2n) is 8.58. The SMILES string of the molecule is COc1ccc(Cl)cc1C(=O)N1CCC(C(=O)N(Cc2ccccc2)Cc2ccccc2)CC1. The number of halogens is 1. The Hall–Kier alpha value is -3.31. The molecule has 0 spiro atoms. The Morgan fingerprint density at radius 3 is 2.00 bits per heavy atom. The number of hydrogen-bond acceptors (Lipinski definition) is 3. The van der Waals surface area contributed by atoms with Crippen LogP contribution in [0.25, 0.3) is 0 Å². The van der Waals surface area contributed by atoms with Crippen molar-refractivity contribution in [2.45, 2.75) is 25.9 Å². The topological polar surface area (TPSA) is 49.9 Å². The number of benzene rings is 3. The number of carbonyl (C=O) groups is 2. The number of likely N-dealkylation sites (tertiary alicyclic amines) is 1. The number of ether oxygens (including phenoxy) is 1. The number of piperidine rings is 1. The molecule has 1 aliphatic rings. The fourth-order valence-corrected chi connectivity index (χ4v) is 4.60. The van der Waals surface area contributed by atoms with Gasteiger partial charge in [-0.1, -0.05) is 72.3 Å². The van der Waals surface area contributed by atoms with Gasteiger partial charge in [-0.3, -0.25) is 9.59 Å². The normalized spacial score (nSPS) is 14.0. The van der Waals surface area contributed by atoms with Crippen molar-refractivity contribution in [1.82, 2.24) is 9.80 Å². The number of carbonyl (C=O) groups excluding carboxylic acids is 2. The number of rotatable bonds is 7. The Morgan fingerprint density at radius 2 is 1.47 bits per heavy atom. The van der Waals surface area contributed by atoms with Crippen LogP contribution in [-0.4, -0.2) is 41.8 Å². The van der Waals surface area contributed by atoms with E-state index in [4.69, 9.17) is 16.3 Å². The fraction of sp³-hybridized carbons (Fsp3) is 0.286. The summed E-state index contributed by atoms with van der Waals surface area (Å²) in [6, 6.07) is 25.2. The molecule has 2 amide bonds. The van der Waals surface area contributed by atoms with E-state index in [0.29, 0.717) is 55.4 Å². The lowest BCUT2D eigenvalue weighted by Crippen LogP contribution is -2.44. The first-order valence-corrected chi connectivity index (χ1v) is 11.9. The van der Waals surface area contributed by atoms with Gasteiger partial charge in [-0.05, 0) is 42.2 Å². The van der Waals surface area contributed by atoms with Crippen molar-refractivity contribution in [3.8, 4) is 5.75 Å². The molecule has 0 saturated carbocycles. The summed E-state index contributed by atoms with van der Waals surface area (Å²) in [6.45, 7) is 2.17. The van der Waals surface area contributed by atoms with Gasteiger partial charge in [0.25, 0.3) is 5.91 Å². The van der Waals surface area contributed by atoms with E-state index in [1.165, 1.54) is 0 Å². The van der Waals surface area contributed by atoms with Crippen LogP contribution in [0.15, 0.2) is 78.9 Å². The first-order chi connectivity index (χ1) is 16.5. The van der Waals surface area contributed by atoms with Crippen LogP contribution in [0.5, 0.6) is 5.75 Å². The molecule has 0 unspecified atom stereocenters. The lowest BCUT2D eigenvalue weighted by atomic mass is 9.94. The van der Waals surface area contributed by atoms with Gasteiger partial charge in [0.2, 0.25) is 5.91 Å². The summed E-state index contributed by atoms with van der Waals surface area (Å²) in [6.07, 6.45) is 1.26. The Balaban J connectivity index is 1.44. The van der Waals surface area contributed by atoms with Crippen LogP contribution in [-0.2, 0) is 17.9 Å². The minimum absolute atomic E-state index is 0.113. The van der Waals surface area contributed by atoms with Crippen molar-refractivity contribution in [3.05, 3.63) is 101 Å².